The lowest BCUT2D eigenvalue weighted by atomic mass is 9.97. The Kier molecular flexibility index (Phi) is 3.94. The Morgan fingerprint density at radius 3 is 2.86 bits per heavy atom. The molecule has 2 aliphatic rings. The molecule has 0 radical (unpaired) electrons. The van der Waals surface area contributed by atoms with Crippen LogP contribution in [0.4, 0.5) is 10.8 Å². The molecular formula is C19H19N7OS. The molecule has 9 heteroatoms. The highest BCUT2D eigenvalue weighted by Gasteiger charge is 2.42. The van der Waals surface area contributed by atoms with Crippen molar-refractivity contribution in [1.82, 2.24) is 15.0 Å². The average Bonchev–Trinajstić information content (AvgIpc) is 3.39. The number of rotatable bonds is 4. The first-order valence-corrected chi connectivity index (χ1v) is 10.2. The number of piperidine rings is 1. The molecule has 3 atom stereocenters. The molecule has 28 heavy (non-hydrogen) atoms. The van der Waals surface area contributed by atoms with Crippen molar-refractivity contribution in [2.75, 3.05) is 10.2 Å². The molecule has 5 heterocycles. The normalized spacial score (nSPS) is 23.7. The highest BCUT2D eigenvalue weighted by atomic mass is 32.1. The molecule has 5 rings (SSSR count). The number of aromatic amines is 1. The number of nitrogens with two attached hydrogens (primary N) is 1. The van der Waals surface area contributed by atoms with Crippen molar-refractivity contribution in [2.45, 2.75) is 43.8 Å². The molecule has 0 saturated carbocycles. The first-order valence-electron chi connectivity index (χ1n) is 9.30. The summed E-state index contributed by atoms with van der Waals surface area (Å²) in [5, 5.41) is 16.3. The number of pyridine rings is 1. The third-order valence-corrected chi connectivity index (χ3v) is 6.62. The predicted molar refractivity (Wildman–Crippen MR) is 107 cm³/mol. The summed E-state index contributed by atoms with van der Waals surface area (Å²) in [6, 6.07) is 5.04. The summed E-state index contributed by atoms with van der Waals surface area (Å²) >= 11 is 1.54. The number of aromatic nitrogens is 3. The Balaban J connectivity index is 1.41. The second kappa shape index (κ2) is 6.49. The van der Waals surface area contributed by atoms with Crippen LogP contribution < -0.4 is 16.0 Å². The maximum Gasteiger partial charge on any atom is 0.252 e. The van der Waals surface area contributed by atoms with E-state index in [0.717, 1.165) is 47.5 Å². The molecule has 2 aliphatic heterocycles. The monoisotopic (exact) mass is 393 g/mol. The number of hydrogen-bond donors (Lipinski definition) is 3. The van der Waals surface area contributed by atoms with Gasteiger partial charge in [-0.3, -0.25) is 4.79 Å². The third-order valence-electron chi connectivity index (χ3n) is 5.76. The largest absolute Gasteiger partial charge is 0.381 e. The van der Waals surface area contributed by atoms with E-state index in [1.807, 2.05) is 17.6 Å². The minimum atomic E-state index is -0.481. The van der Waals surface area contributed by atoms with Crippen LogP contribution in [0.25, 0.3) is 11.0 Å². The first kappa shape index (κ1) is 17.0. The number of carbonyl (C=O) groups excluding carboxylic acids is 1. The lowest BCUT2D eigenvalue weighted by Crippen LogP contribution is -2.47. The fraction of sp³-hybridized carbons (Fsp3) is 0.368. The predicted octanol–water partition coefficient (Wildman–Crippen LogP) is 2.60. The minimum Gasteiger partial charge on any atom is -0.381 e. The van der Waals surface area contributed by atoms with Crippen LogP contribution in [0, 0.1) is 11.3 Å². The van der Waals surface area contributed by atoms with Crippen LogP contribution in [0.15, 0.2) is 23.8 Å². The fourth-order valence-electron chi connectivity index (χ4n) is 4.60. The molecule has 8 nitrogen and oxygen atoms in total. The Labute approximate surface area is 165 Å². The van der Waals surface area contributed by atoms with Crippen molar-refractivity contribution >= 4 is 39.1 Å². The second-order valence-electron chi connectivity index (χ2n) is 7.38. The molecule has 0 aromatic carbocycles. The summed E-state index contributed by atoms with van der Waals surface area (Å²) in [6.45, 7) is 0. The van der Waals surface area contributed by atoms with E-state index in [-0.39, 0.29) is 6.04 Å². The van der Waals surface area contributed by atoms with Gasteiger partial charge in [0, 0.05) is 41.3 Å². The Hall–Kier alpha value is -3.12. The summed E-state index contributed by atoms with van der Waals surface area (Å²) in [6.07, 6.45) is 7.47. The van der Waals surface area contributed by atoms with E-state index in [1.165, 1.54) is 6.20 Å². The molecule has 2 bridgehead atoms. The standard InChI is InChI=1S/C19H19N7OS/c20-7-11-9-28-19(25-11)26-12-1-2-13(26)6-10(5-12)24-16-14-3-4-22-18(14)23-8-15(16)17(21)27/h3-4,8-10,12-13H,1-2,5-6H2,(H2,21,27)(H2,22,23,24)/t10-,12-,13+. The quantitative estimate of drug-likeness (QED) is 0.626. The van der Waals surface area contributed by atoms with E-state index in [4.69, 9.17) is 11.0 Å². The maximum absolute atomic E-state index is 11.9. The number of nitrogens with one attached hydrogen (secondary N) is 2. The van der Waals surface area contributed by atoms with Gasteiger partial charge in [-0.2, -0.15) is 5.26 Å². The number of thiazole rings is 1. The van der Waals surface area contributed by atoms with Crippen molar-refractivity contribution in [3.63, 3.8) is 0 Å². The molecule has 2 fully saturated rings. The SMILES string of the molecule is N#Cc1csc(N2[C@@H]3CC[C@H]2C[C@H](Nc2c(C(N)=O)cnc4[nH]ccc24)C3)n1. The number of amides is 1. The van der Waals surface area contributed by atoms with Gasteiger partial charge in [-0.1, -0.05) is 0 Å². The van der Waals surface area contributed by atoms with Gasteiger partial charge in [0.1, 0.15) is 11.7 Å². The Bertz CT molecular complexity index is 1080. The third kappa shape index (κ3) is 2.68. The van der Waals surface area contributed by atoms with Gasteiger partial charge in [0.25, 0.3) is 5.91 Å². The summed E-state index contributed by atoms with van der Waals surface area (Å²) in [4.78, 5) is 26.1. The van der Waals surface area contributed by atoms with Gasteiger partial charge in [-0.25, -0.2) is 9.97 Å². The fourth-order valence-corrected chi connectivity index (χ4v) is 5.49. The van der Waals surface area contributed by atoms with E-state index >= 15 is 0 Å². The van der Waals surface area contributed by atoms with Gasteiger partial charge in [0.05, 0.1) is 11.3 Å². The van der Waals surface area contributed by atoms with Crippen molar-refractivity contribution in [2.24, 2.45) is 5.73 Å². The van der Waals surface area contributed by atoms with Crippen LogP contribution in [-0.4, -0.2) is 39.0 Å². The number of primary amides is 1. The van der Waals surface area contributed by atoms with Crippen LogP contribution in [0.3, 0.4) is 0 Å². The van der Waals surface area contributed by atoms with Gasteiger partial charge in [-0.05, 0) is 31.7 Å². The van der Waals surface area contributed by atoms with E-state index < -0.39 is 5.91 Å². The number of nitrogens with zero attached hydrogens (tertiary/aromatic N) is 4. The molecule has 0 unspecified atom stereocenters. The summed E-state index contributed by atoms with van der Waals surface area (Å²) < 4.78 is 0. The van der Waals surface area contributed by atoms with Gasteiger partial charge < -0.3 is 20.9 Å². The van der Waals surface area contributed by atoms with Crippen LogP contribution >= 0.6 is 11.3 Å². The molecule has 3 aromatic heterocycles. The Morgan fingerprint density at radius 2 is 2.18 bits per heavy atom. The maximum atomic E-state index is 11.9. The number of carbonyl (C=O) groups is 1. The van der Waals surface area contributed by atoms with Gasteiger partial charge in [0.15, 0.2) is 10.8 Å². The zero-order valence-electron chi connectivity index (χ0n) is 15.1. The van der Waals surface area contributed by atoms with Crippen LogP contribution in [0.2, 0.25) is 0 Å². The van der Waals surface area contributed by atoms with Gasteiger partial charge in [0.2, 0.25) is 0 Å². The molecular weight excluding hydrogens is 374 g/mol. The lowest BCUT2D eigenvalue weighted by molar-refractivity contribution is 0.100. The number of H-pyrrole nitrogens is 1. The molecule has 2 saturated heterocycles. The molecule has 4 N–H and O–H groups in total. The topological polar surface area (TPSA) is 124 Å². The number of anilines is 2. The number of fused-ring (bicyclic) bond motifs is 3. The van der Waals surface area contributed by atoms with Gasteiger partial charge in [-0.15, -0.1) is 11.3 Å². The van der Waals surface area contributed by atoms with Crippen molar-refractivity contribution in [1.29, 1.82) is 5.26 Å². The highest BCUT2D eigenvalue weighted by molar-refractivity contribution is 7.13. The smallest absolute Gasteiger partial charge is 0.252 e. The number of nitriles is 1. The van der Waals surface area contributed by atoms with E-state index in [1.54, 1.807) is 11.3 Å². The molecule has 0 spiro atoms. The summed E-state index contributed by atoms with van der Waals surface area (Å²) in [5.74, 6) is -0.481. The summed E-state index contributed by atoms with van der Waals surface area (Å²) in [7, 11) is 0. The van der Waals surface area contributed by atoms with Crippen LogP contribution in [0.1, 0.15) is 41.7 Å². The zero-order valence-corrected chi connectivity index (χ0v) is 15.9. The van der Waals surface area contributed by atoms with E-state index in [9.17, 15) is 4.79 Å². The Morgan fingerprint density at radius 1 is 1.39 bits per heavy atom. The molecule has 1 amide bonds. The van der Waals surface area contributed by atoms with Crippen molar-refractivity contribution in [3.8, 4) is 6.07 Å². The van der Waals surface area contributed by atoms with Crippen LogP contribution in [-0.2, 0) is 0 Å². The van der Waals surface area contributed by atoms with Crippen molar-refractivity contribution < 1.29 is 4.79 Å². The molecule has 0 aliphatic carbocycles. The van der Waals surface area contributed by atoms with E-state index in [0.29, 0.717) is 23.3 Å². The molecule has 142 valence electrons. The zero-order chi connectivity index (χ0) is 19.3. The second-order valence-corrected chi connectivity index (χ2v) is 8.22. The van der Waals surface area contributed by atoms with Crippen molar-refractivity contribution in [3.05, 3.63) is 35.1 Å². The highest BCUT2D eigenvalue weighted by Crippen LogP contribution is 2.41. The molecule has 3 aromatic rings. The first-order chi connectivity index (χ1) is 13.6. The average molecular weight is 393 g/mol. The lowest BCUT2D eigenvalue weighted by Gasteiger charge is -2.39. The van der Waals surface area contributed by atoms with Gasteiger partial charge >= 0.3 is 0 Å². The minimum absolute atomic E-state index is 0.239. The van der Waals surface area contributed by atoms with E-state index in [2.05, 4.69) is 31.2 Å². The summed E-state index contributed by atoms with van der Waals surface area (Å²) in [5.41, 5.74) is 7.99. The number of hydrogen-bond acceptors (Lipinski definition) is 7. The van der Waals surface area contributed by atoms with Crippen LogP contribution in [0.5, 0.6) is 0 Å².